The highest BCUT2D eigenvalue weighted by molar-refractivity contribution is 5.52. The minimum absolute atomic E-state index is 0.449. The number of fused-ring (bicyclic) bond motifs is 1. The van der Waals surface area contributed by atoms with E-state index in [1.54, 1.807) is 12.1 Å². The fourth-order valence-corrected chi connectivity index (χ4v) is 1.87. The number of aryl methyl sites for hydroxylation is 1. The Morgan fingerprint density at radius 2 is 2.00 bits per heavy atom. The molecule has 0 aliphatic carbocycles. The fraction of sp³-hybridized carbons (Fsp3) is 0.455. The van der Waals surface area contributed by atoms with E-state index in [-0.39, 0.29) is 0 Å². The molecular formula is C11H13F3N2O. The van der Waals surface area contributed by atoms with Crippen molar-refractivity contribution in [3.63, 3.8) is 0 Å². The number of benzene rings is 1. The van der Waals surface area contributed by atoms with Crippen LogP contribution >= 0.6 is 0 Å². The van der Waals surface area contributed by atoms with Crippen molar-refractivity contribution in [3.8, 4) is 0 Å². The summed E-state index contributed by atoms with van der Waals surface area (Å²) < 4.78 is 40.6. The minimum Gasteiger partial charge on any atom is -0.358 e. The van der Waals surface area contributed by atoms with Crippen molar-refractivity contribution >= 4 is 5.69 Å². The van der Waals surface area contributed by atoms with Gasteiger partial charge in [0.05, 0.1) is 6.04 Å². The van der Waals surface area contributed by atoms with E-state index in [0.717, 1.165) is 5.56 Å². The smallest absolute Gasteiger partial charge is 0.358 e. The molecule has 0 spiro atoms. The molecule has 0 aromatic heterocycles. The van der Waals surface area contributed by atoms with Crippen LogP contribution in [0.1, 0.15) is 12.0 Å². The Balaban J connectivity index is 2.18. The number of para-hydroxylation sites is 1. The Morgan fingerprint density at radius 3 is 2.71 bits per heavy atom. The Labute approximate surface area is 96.8 Å². The van der Waals surface area contributed by atoms with E-state index in [4.69, 9.17) is 5.73 Å². The first-order valence-corrected chi connectivity index (χ1v) is 5.30. The maximum atomic E-state index is 12.2. The molecule has 17 heavy (non-hydrogen) atoms. The van der Waals surface area contributed by atoms with Crippen molar-refractivity contribution in [1.82, 2.24) is 0 Å². The highest BCUT2D eigenvalue weighted by atomic mass is 19.4. The third kappa shape index (κ3) is 3.10. The number of hydrogen-bond donors (Lipinski definition) is 2. The summed E-state index contributed by atoms with van der Waals surface area (Å²) in [6.45, 7) is 0. The average Bonchev–Trinajstić information content (AvgIpc) is 2.38. The summed E-state index contributed by atoms with van der Waals surface area (Å²) in [5, 5.41) is 2.70. The SMILES string of the molecule is N[C@H]1CCc2ccccc2N[C@H]1OC(F)(F)F. The Hall–Kier alpha value is -1.27. The second-order valence-corrected chi connectivity index (χ2v) is 3.99. The van der Waals surface area contributed by atoms with Crippen LogP contribution in [-0.2, 0) is 11.2 Å². The third-order valence-corrected chi connectivity index (χ3v) is 2.71. The molecule has 0 amide bonds. The van der Waals surface area contributed by atoms with E-state index in [0.29, 0.717) is 18.5 Å². The van der Waals surface area contributed by atoms with Crippen LogP contribution in [0.4, 0.5) is 18.9 Å². The van der Waals surface area contributed by atoms with Gasteiger partial charge in [0.15, 0.2) is 6.23 Å². The van der Waals surface area contributed by atoms with Crippen LogP contribution < -0.4 is 11.1 Å². The Bertz CT molecular complexity index is 395. The summed E-state index contributed by atoms with van der Waals surface area (Å²) in [6.07, 6.45) is -4.83. The summed E-state index contributed by atoms with van der Waals surface area (Å²) in [6, 6.07) is 6.50. The van der Waals surface area contributed by atoms with Crippen LogP contribution in [0.5, 0.6) is 0 Å². The summed E-state index contributed by atoms with van der Waals surface area (Å²) >= 11 is 0. The van der Waals surface area contributed by atoms with E-state index in [9.17, 15) is 13.2 Å². The number of alkyl halides is 3. The Kier molecular flexibility index (Phi) is 3.26. The van der Waals surface area contributed by atoms with E-state index < -0.39 is 18.6 Å². The first kappa shape index (κ1) is 12.2. The molecule has 2 rings (SSSR count). The summed E-state index contributed by atoms with van der Waals surface area (Å²) in [7, 11) is 0. The lowest BCUT2D eigenvalue weighted by Gasteiger charge is -2.24. The van der Waals surface area contributed by atoms with Gasteiger partial charge in [-0.25, -0.2) is 0 Å². The molecule has 1 aliphatic heterocycles. The normalized spacial score (nSPS) is 24.7. The molecule has 0 saturated carbocycles. The maximum Gasteiger partial charge on any atom is 0.524 e. The van der Waals surface area contributed by atoms with Crippen LogP contribution in [0.25, 0.3) is 0 Å². The molecule has 94 valence electrons. The maximum absolute atomic E-state index is 12.2. The van der Waals surface area contributed by atoms with Crippen molar-refractivity contribution in [3.05, 3.63) is 29.8 Å². The molecule has 1 aromatic rings. The molecule has 3 nitrogen and oxygen atoms in total. The van der Waals surface area contributed by atoms with Gasteiger partial charge in [0.1, 0.15) is 0 Å². The van der Waals surface area contributed by atoms with Gasteiger partial charge in [-0.1, -0.05) is 18.2 Å². The number of halogens is 3. The number of anilines is 1. The quantitative estimate of drug-likeness (QED) is 0.798. The molecule has 1 heterocycles. The third-order valence-electron chi connectivity index (χ3n) is 2.71. The lowest BCUT2D eigenvalue weighted by molar-refractivity contribution is -0.340. The molecule has 0 unspecified atom stereocenters. The van der Waals surface area contributed by atoms with Crippen molar-refractivity contribution in [2.45, 2.75) is 31.5 Å². The van der Waals surface area contributed by atoms with Crippen molar-refractivity contribution in [1.29, 1.82) is 0 Å². The molecule has 2 atom stereocenters. The average molecular weight is 246 g/mol. The lowest BCUT2D eigenvalue weighted by Crippen LogP contribution is -2.44. The first-order chi connectivity index (χ1) is 7.96. The standard InChI is InChI=1S/C11H13F3N2O/c12-11(13,14)17-10-8(15)6-5-7-3-1-2-4-9(7)16-10/h1-4,8,10,16H,5-6,15H2/t8-,10-/m0/s1. The summed E-state index contributed by atoms with van der Waals surface area (Å²) in [5.74, 6) is 0. The zero-order valence-electron chi connectivity index (χ0n) is 9.00. The van der Waals surface area contributed by atoms with Gasteiger partial charge in [-0.3, -0.25) is 4.74 Å². The van der Waals surface area contributed by atoms with Gasteiger partial charge in [-0.15, -0.1) is 13.2 Å². The van der Waals surface area contributed by atoms with E-state index in [1.165, 1.54) is 0 Å². The van der Waals surface area contributed by atoms with Crippen molar-refractivity contribution in [2.75, 3.05) is 5.32 Å². The fourth-order valence-electron chi connectivity index (χ4n) is 1.87. The number of hydrogen-bond acceptors (Lipinski definition) is 3. The second-order valence-electron chi connectivity index (χ2n) is 3.99. The monoisotopic (exact) mass is 246 g/mol. The number of ether oxygens (including phenoxy) is 1. The zero-order valence-corrected chi connectivity index (χ0v) is 9.00. The molecule has 6 heteroatoms. The van der Waals surface area contributed by atoms with Crippen LogP contribution in [-0.4, -0.2) is 18.6 Å². The molecule has 0 bridgehead atoms. The van der Waals surface area contributed by atoms with Crippen LogP contribution in [0, 0.1) is 0 Å². The van der Waals surface area contributed by atoms with E-state index >= 15 is 0 Å². The van der Waals surface area contributed by atoms with Crippen molar-refractivity contribution in [2.24, 2.45) is 5.73 Å². The molecule has 1 aliphatic rings. The largest absolute Gasteiger partial charge is 0.524 e. The predicted octanol–water partition coefficient (Wildman–Crippen LogP) is 2.23. The molecule has 3 N–H and O–H groups in total. The van der Waals surface area contributed by atoms with Gasteiger partial charge in [0.2, 0.25) is 0 Å². The summed E-state index contributed by atoms with van der Waals surface area (Å²) in [4.78, 5) is 0. The van der Waals surface area contributed by atoms with Gasteiger partial charge in [-0.05, 0) is 24.5 Å². The molecule has 0 fully saturated rings. The van der Waals surface area contributed by atoms with E-state index in [1.807, 2.05) is 12.1 Å². The van der Waals surface area contributed by atoms with Crippen LogP contribution in [0.15, 0.2) is 24.3 Å². The van der Waals surface area contributed by atoms with Crippen LogP contribution in [0.3, 0.4) is 0 Å². The summed E-state index contributed by atoms with van der Waals surface area (Å²) in [5.41, 5.74) is 7.28. The van der Waals surface area contributed by atoms with Gasteiger partial charge in [-0.2, -0.15) is 0 Å². The predicted molar refractivity (Wildman–Crippen MR) is 57.3 cm³/mol. The van der Waals surface area contributed by atoms with E-state index in [2.05, 4.69) is 10.1 Å². The molecule has 1 aromatic carbocycles. The zero-order chi connectivity index (χ0) is 12.5. The van der Waals surface area contributed by atoms with Crippen LogP contribution in [0.2, 0.25) is 0 Å². The van der Waals surface area contributed by atoms with Gasteiger partial charge >= 0.3 is 6.36 Å². The number of rotatable bonds is 1. The molecule has 0 radical (unpaired) electrons. The highest BCUT2D eigenvalue weighted by Crippen LogP contribution is 2.27. The topological polar surface area (TPSA) is 47.3 Å². The Morgan fingerprint density at radius 1 is 1.29 bits per heavy atom. The number of nitrogens with one attached hydrogen (secondary N) is 1. The first-order valence-electron chi connectivity index (χ1n) is 5.30. The highest BCUT2D eigenvalue weighted by Gasteiger charge is 2.37. The number of nitrogens with two attached hydrogens (primary N) is 1. The lowest BCUT2D eigenvalue weighted by atomic mass is 10.1. The van der Waals surface area contributed by atoms with Crippen molar-refractivity contribution < 1.29 is 17.9 Å². The van der Waals surface area contributed by atoms with Gasteiger partial charge < -0.3 is 11.1 Å². The minimum atomic E-state index is -4.69. The molecular weight excluding hydrogens is 233 g/mol. The second kappa shape index (κ2) is 4.54. The molecule has 0 saturated heterocycles. The van der Waals surface area contributed by atoms with Gasteiger partial charge in [0, 0.05) is 5.69 Å². The van der Waals surface area contributed by atoms with Gasteiger partial charge in [0.25, 0.3) is 0 Å².